The number of aromatic nitrogens is 2. The molecule has 1 N–H and O–H groups in total. The van der Waals surface area contributed by atoms with Crippen molar-refractivity contribution in [2.24, 2.45) is 7.05 Å². The molecule has 4 nitrogen and oxygen atoms in total. The molecule has 0 fully saturated rings. The smallest absolute Gasteiger partial charge is 0.127 e. The average Bonchev–Trinajstić information content (AvgIpc) is 2.39. The van der Waals surface area contributed by atoms with Crippen LogP contribution < -0.4 is 5.32 Å². The van der Waals surface area contributed by atoms with Gasteiger partial charge in [-0.3, -0.25) is 4.68 Å². The summed E-state index contributed by atoms with van der Waals surface area (Å²) in [6.45, 7) is 2.48. The standard InChI is InChI=1S/C8H14IN3O/c1-12-6-7(8(9)11-12)5-10-3-4-13-2/h6,10H,3-5H2,1-2H3. The Kier molecular flexibility index (Phi) is 4.68. The molecule has 1 heterocycles. The largest absolute Gasteiger partial charge is 0.383 e. The van der Waals surface area contributed by atoms with Crippen molar-refractivity contribution in [1.29, 1.82) is 0 Å². The third-order valence-electron chi connectivity index (χ3n) is 1.65. The molecule has 0 aromatic carbocycles. The quantitative estimate of drug-likeness (QED) is 0.644. The highest BCUT2D eigenvalue weighted by molar-refractivity contribution is 14.1. The SMILES string of the molecule is COCCNCc1cn(C)nc1I. The number of nitrogens with zero attached hydrogens (tertiary/aromatic N) is 2. The summed E-state index contributed by atoms with van der Waals surface area (Å²) in [5.74, 6) is 0. The first-order valence-electron chi connectivity index (χ1n) is 4.11. The second-order valence-electron chi connectivity index (χ2n) is 2.79. The highest BCUT2D eigenvalue weighted by Gasteiger charge is 2.02. The summed E-state index contributed by atoms with van der Waals surface area (Å²) in [6, 6.07) is 0. The topological polar surface area (TPSA) is 39.1 Å². The number of nitrogens with one attached hydrogen (secondary N) is 1. The molecule has 13 heavy (non-hydrogen) atoms. The van der Waals surface area contributed by atoms with Crippen LogP contribution in [-0.4, -0.2) is 30.0 Å². The Balaban J connectivity index is 2.32. The van der Waals surface area contributed by atoms with Crippen molar-refractivity contribution in [3.05, 3.63) is 15.5 Å². The number of ether oxygens (including phenoxy) is 1. The third-order valence-corrected chi connectivity index (χ3v) is 2.56. The van der Waals surface area contributed by atoms with Crippen LogP contribution in [0.3, 0.4) is 0 Å². The van der Waals surface area contributed by atoms with E-state index in [1.165, 1.54) is 5.56 Å². The fraction of sp³-hybridized carbons (Fsp3) is 0.625. The van der Waals surface area contributed by atoms with Crippen LogP contribution in [0, 0.1) is 3.70 Å². The molecule has 0 amide bonds. The lowest BCUT2D eigenvalue weighted by atomic mass is 10.3. The van der Waals surface area contributed by atoms with E-state index in [0.29, 0.717) is 0 Å². The Morgan fingerprint density at radius 1 is 1.69 bits per heavy atom. The zero-order valence-electron chi connectivity index (χ0n) is 7.88. The van der Waals surface area contributed by atoms with Crippen molar-refractivity contribution in [2.45, 2.75) is 6.54 Å². The van der Waals surface area contributed by atoms with Crippen molar-refractivity contribution in [3.8, 4) is 0 Å². The summed E-state index contributed by atoms with van der Waals surface area (Å²) in [5, 5.41) is 7.52. The summed E-state index contributed by atoms with van der Waals surface area (Å²) in [4.78, 5) is 0. The monoisotopic (exact) mass is 295 g/mol. The minimum atomic E-state index is 0.747. The van der Waals surface area contributed by atoms with Gasteiger partial charge in [-0.25, -0.2) is 0 Å². The second kappa shape index (κ2) is 5.56. The van der Waals surface area contributed by atoms with E-state index < -0.39 is 0 Å². The van der Waals surface area contributed by atoms with Gasteiger partial charge in [0.25, 0.3) is 0 Å². The molecule has 0 aliphatic carbocycles. The van der Waals surface area contributed by atoms with Crippen molar-refractivity contribution in [1.82, 2.24) is 15.1 Å². The molecule has 0 spiro atoms. The van der Waals surface area contributed by atoms with E-state index in [9.17, 15) is 0 Å². The van der Waals surface area contributed by atoms with E-state index >= 15 is 0 Å². The van der Waals surface area contributed by atoms with Crippen LogP contribution in [0.2, 0.25) is 0 Å². The van der Waals surface area contributed by atoms with Crippen LogP contribution >= 0.6 is 22.6 Å². The van der Waals surface area contributed by atoms with E-state index in [2.05, 4.69) is 33.0 Å². The maximum atomic E-state index is 4.93. The molecule has 0 saturated carbocycles. The summed E-state index contributed by atoms with van der Waals surface area (Å²) in [6.07, 6.45) is 2.03. The normalized spacial score (nSPS) is 10.7. The predicted molar refractivity (Wildman–Crippen MR) is 59.5 cm³/mol. The van der Waals surface area contributed by atoms with Gasteiger partial charge in [0.2, 0.25) is 0 Å². The van der Waals surface area contributed by atoms with Crippen LogP contribution in [0.5, 0.6) is 0 Å². The van der Waals surface area contributed by atoms with Gasteiger partial charge in [0.15, 0.2) is 0 Å². The van der Waals surface area contributed by atoms with E-state index in [1.54, 1.807) is 7.11 Å². The zero-order valence-corrected chi connectivity index (χ0v) is 10.0. The highest BCUT2D eigenvalue weighted by Crippen LogP contribution is 2.08. The average molecular weight is 295 g/mol. The van der Waals surface area contributed by atoms with E-state index in [0.717, 1.165) is 23.4 Å². The molecule has 0 atom stereocenters. The summed E-state index contributed by atoms with van der Waals surface area (Å²) in [7, 11) is 3.64. The molecule has 0 aliphatic heterocycles. The Morgan fingerprint density at radius 2 is 2.46 bits per heavy atom. The van der Waals surface area contributed by atoms with E-state index in [1.807, 2.05) is 17.9 Å². The lowest BCUT2D eigenvalue weighted by molar-refractivity contribution is 0.199. The molecule has 0 radical (unpaired) electrons. The van der Waals surface area contributed by atoms with Gasteiger partial charge in [0, 0.05) is 39.0 Å². The van der Waals surface area contributed by atoms with Gasteiger partial charge in [-0.1, -0.05) is 0 Å². The third kappa shape index (κ3) is 3.61. The molecule has 74 valence electrons. The Labute approximate surface area is 91.8 Å². The molecule has 0 bridgehead atoms. The first-order valence-corrected chi connectivity index (χ1v) is 5.19. The Morgan fingerprint density at radius 3 is 3.00 bits per heavy atom. The summed E-state index contributed by atoms with van der Waals surface area (Å²) in [5.41, 5.74) is 1.24. The maximum absolute atomic E-state index is 4.93. The number of hydrogen-bond acceptors (Lipinski definition) is 3. The van der Waals surface area contributed by atoms with Crippen LogP contribution in [0.15, 0.2) is 6.20 Å². The molecule has 1 aromatic rings. The maximum Gasteiger partial charge on any atom is 0.127 e. The minimum absolute atomic E-state index is 0.747. The van der Waals surface area contributed by atoms with Crippen LogP contribution in [0.25, 0.3) is 0 Å². The predicted octanol–water partition coefficient (Wildman–Crippen LogP) is 0.761. The van der Waals surface area contributed by atoms with Crippen molar-refractivity contribution in [3.63, 3.8) is 0 Å². The molecule has 1 aromatic heterocycles. The van der Waals surface area contributed by atoms with Gasteiger partial charge in [-0.2, -0.15) is 5.10 Å². The van der Waals surface area contributed by atoms with E-state index in [4.69, 9.17) is 4.74 Å². The van der Waals surface area contributed by atoms with Crippen molar-refractivity contribution < 1.29 is 4.74 Å². The molecule has 0 aliphatic rings. The summed E-state index contributed by atoms with van der Waals surface area (Å²) >= 11 is 2.24. The van der Waals surface area contributed by atoms with Gasteiger partial charge in [-0.05, 0) is 22.6 Å². The van der Waals surface area contributed by atoms with Crippen molar-refractivity contribution >= 4 is 22.6 Å². The van der Waals surface area contributed by atoms with Gasteiger partial charge in [0.05, 0.1) is 6.61 Å². The van der Waals surface area contributed by atoms with Gasteiger partial charge in [-0.15, -0.1) is 0 Å². The Hall–Kier alpha value is -0.140. The van der Waals surface area contributed by atoms with Crippen LogP contribution in [0.1, 0.15) is 5.56 Å². The van der Waals surface area contributed by atoms with Crippen LogP contribution in [0.4, 0.5) is 0 Å². The fourth-order valence-electron chi connectivity index (χ4n) is 1.03. The highest BCUT2D eigenvalue weighted by atomic mass is 127. The Bertz CT molecular complexity index is 262. The molecular formula is C8H14IN3O. The lowest BCUT2D eigenvalue weighted by Crippen LogP contribution is -2.18. The van der Waals surface area contributed by atoms with Crippen LogP contribution in [-0.2, 0) is 18.3 Å². The number of rotatable bonds is 5. The number of halogens is 1. The summed E-state index contributed by atoms with van der Waals surface area (Å²) < 4.78 is 7.82. The lowest BCUT2D eigenvalue weighted by Gasteiger charge is -2.01. The zero-order chi connectivity index (χ0) is 9.68. The van der Waals surface area contributed by atoms with E-state index in [-0.39, 0.29) is 0 Å². The van der Waals surface area contributed by atoms with Gasteiger partial charge in [0.1, 0.15) is 3.70 Å². The number of hydrogen-bond donors (Lipinski definition) is 1. The van der Waals surface area contributed by atoms with Gasteiger partial charge >= 0.3 is 0 Å². The first-order chi connectivity index (χ1) is 6.24. The minimum Gasteiger partial charge on any atom is -0.383 e. The second-order valence-corrected chi connectivity index (χ2v) is 3.81. The number of methoxy groups -OCH3 is 1. The molecular weight excluding hydrogens is 281 g/mol. The van der Waals surface area contributed by atoms with Crippen molar-refractivity contribution in [2.75, 3.05) is 20.3 Å². The fourth-order valence-corrected chi connectivity index (χ4v) is 1.70. The molecule has 5 heteroatoms. The molecule has 0 unspecified atom stereocenters. The molecule has 0 saturated heterocycles. The number of aryl methyl sites for hydroxylation is 1. The first kappa shape index (κ1) is 10.9. The molecule has 1 rings (SSSR count). The van der Waals surface area contributed by atoms with Gasteiger partial charge < -0.3 is 10.1 Å².